The van der Waals surface area contributed by atoms with Crippen LogP contribution in [-0.4, -0.2) is 19.4 Å². The summed E-state index contributed by atoms with van der Waals surface area (Å²) in [6.07, 6.45) is -0.492. The molecule has 3 aromatic rings. The van der Waals surface area contributed by atoms with Gasteiger partial charge in [-0.3, -0.25) is 0 Å². The molecule has 0 bridgehead atoms. The molecule has 1 saturated heterocycles. The summed E-state index contributed by atoms with van der Waals surface area (Å²) in [5.74, 6) is 0. The van der Waals surface area contributed by atoms with E-state index in [4.69, 9.17) is 21.1 Å². The van der Waals surface area contributed by atoms with Crippen molar-refractivity contribution < 1.29 is 9.47 Å². The fraction of sp³-hybridized carbons (Fsp3) is 0.273. The van der Waals surface area contributed by atoms with Gasteiger partial charge in [-0.25, -0.2) is 0 Å². The number of morpholine rings is 1. The van der Waals surface area contributed by atoms with Gasteiger partial charge < -0.3 is 14.8 Å². The van der Waals surface area contributed by atoms with Gasteiger partial charge in [-0.2, -0.15) is 0 Å². The molecule has 1 heterocycles. The number of benzene rings is 3. The molecule has 0 amide bonds. The Hall–Kier alpha value is -1.91. The monoisotopic (exact) mass is 367 g/mol. The van der Waals surface area contributed by atoms with E-state index in [9.17, 15) is 0 Å². The van der Waals surface area contributed by atoms with Crippen molar-refractivity contribution in [2.45, 2.75) is 25.4 Å². The molecule has 0 spiro atoms. The van der Waals surface area contributed by atoms with Crippen LogP contribution in [0.3, 0.4) is 0 Å². The smallest absolute Gasteiger partial charge is 0.177 e. The van der Waals surface area contributed by atoms with Crippen molar-refractivity contribution >= 4 is 22.4 Å². The van der Waals surface area contributed by atoms with Crippen molar-refractivity contribution in [3.63, 3.8) is 0 Å². The lowest BCUT2D eigenvalue weighted by Crippen LogP contribution is -2.43. The van der Waals surface area contributed by atoms with Crippen molar-refractivity contribution in [3.8, 4) is 0 Å². The Morgan fingerprint density at radius 2 is 1.85 bits per heavy atom. The molecular weight excluding hydrogens is 346 g/mol. The SMILES string of the molecule is C[C@@H](OC1OCCNC1c1ccccc1)c1cc(Cl)cc2ccccc12. The van der Waals surface area contributed by atoms with Gasteiger partial charge in [-0.05, 0) is 41.0 Å². The molecule has 3 nitrogen and oxygen atoms in total. The Morgan fingerprint density at radius 1 is 1.08 bits per heavy atom. The Bertz CT molecular complexity index is 884. The number of hydrogen-bond acceptors (Lipinski definition) is 3. The number of nitrogens with one attached hydrogen (secondary N) is 1. The van der Waals surface area contributed by atoms with Gasteiger partial charge in [0.25, 0.3) is 0 Å². The first kappa shape index (κ1) is 17.5. The molecule has 0 aliphatic carbocycles. The second-order valence-corrected chi connectivity index (χ2v) is 7.01. The van der Waals surface area contributed by atoms with Crippen LogP contribution in [0.25, 0.3) is 10.8 Å². The van der Waals surface area contributed by atoms with E-state index in [1.807, 2.05) is 42.5 Å². The second-order valence-electron chi connectivity index (χ2n) is 6.58. The lowest BCUT2D eigenvalue weighted by Gasteiger charge is -2.35. The quantitative estimate of drug-likeness (QED) is 0.682. The molecule has 134 valence electrons. The Morgan fingerprint density at radius 3 is 2.69 bits per heavy atom. The van der Waals surface area contributed by atoms with E-state index < -0.39 is 0 Å². The molecule has 3 aromatic carbocycles. The summed E-state index contributed by atoms with van der Waals surface area (Å²) in [6.45, 7) is 3.50. The molecule has 0 saturated carbocycles. The molecule has 0 aromatic heterocycles. The second kappa shape index (κ2) is 7.77. The predicted octanol–water partition coefficient (Wildman–Crippen LogP) is 5.26. The largest absolute Gasteiger partial charge is 0.349 e. The molecule has 1 N–H and O–H groups in total. The van der Waals surface area contributed by atoms with Crippen LogP contribution in [-0.2, 0) is 9.47 Å². The number of ether oxygens (including phenoxy) is 2. The summed E-state index contributed by atoms with van der Waals surface area (Å²) in [6, 6.07) is 22.5. The van der Waals surface area contributed by atoms with E-state index in [0.29, 0.717) is 6.61 Å². The van der Waals surface area contributed by atoms with Crippen molar-refractivity contribution in [2.75, 3.05) is 13.2 Å². The van der Waals surface area contributed by atoms with E-state index in [1.165, 1.54) is 5.56 Å². The Kier molecular flexibility index (Phi) is 5.23. The number of rotatable bonds is 4. The fourth-order valence-corrected chi connectivity index (χ4v) is 3.78. The molecule has 1 aliphatic rings. The van der Waals surface area contributed by atoms with Gasteiger partial charge in [0.15, 0.2) is 6.29 Å². The van der Waals surface area contributed by atoms with Crippen LogP contribution in [0.5, 0.6) is 0 Å². The zero-order valence-electron chi connectivity index (χ0n) is 14.7. The van der Waals surface area contributed by atoms with Crippen LogP contribution in [0.4, 0.5) is 0 Å². The van der Waals surface area contributed by atoms with Gasteiger partial charge in [0, 0.05) is 11.6 Å². The average Bonchev–Trinajstić information content (AvgIpc) is 2.68. The van der Waals surface area contributed by atoms with Crippen molar-refractivity contribution in [2.24, 2.45) is 0 Å². The van der Waals surface area contributed by atoms with Crippen molar-refractivity contribution in [1.82, 2.24) is 5.32 Å². The van der Waals surface area contributed by atoms with Crippen LogP contribution >= 0.6 is 11.6 Å². The summed E-state index contributed by atoms with van der Waals surface area (Å²) >= 11 is 6.34. The third kappa shape index (κ3) is 3.62. The van der Waals surface area contributed by atoms with Gasteiger partial charge >= 0.3 is 0 Å². The van der Waals surface area contributed by atoms with Crippen molar-refractivity contribution in [3.05, 3.63) is 82.9 Å². The minimum atomic E-state index is -0.348. The summed E-state index contributed by atoms with van der Waals surface area (Å²) in [4.78, 5) is 0. The highest BCUT2D eigenvalue weighted by atomic mass is 35.5. The van der Waals surface area contributed by atoms with Crippen LogP contribution < -0.4 is 5.32 Å². The van der Waals surface area contributed by atoms with Crippen LogP contribution in [0.2, 0.25) is 5.02 Å². The molecule has 0 radical (unpaired) electrons. The van der Waals surface area contributed by atoms with Crippen LogP contribution in [0, 0.1) is 0 Å². The first-order valence-corrected chi connectivity index (χ1v) is 9.34. The highest BCUT2D eigenvalue weighted by molar-refractivity contribution is 6.31. The van der Waals surface area contributed by atoms with Gasteiger partial charge in [0.1, 0.15) is 0 Å². The highest BCUT2D eigenvalue weighted by Gasteiger charge is 2.30. The maximum absolute atomic E-state index is 6.36. The lowest BCUT2D eigenvalue weighted by atomic mass is 10.0. The van der Waals surface area contributed by atoms with E-state index in [1.54, 1.807) is 0 Å². The molecule has 1 aliphatic heterocycles. The summed E-state index contributed by atoms with van der Waals surface area (Å²) in [7, 11) is 0. The fourth-order valence-electron chi connectivity index (χ4n) is 3.55. The normalized spacial score (nSPS) is 21.6. The standard InChI is InChI=1S/C22H22ClNO2/c1-15(20-14-18(23)13-17-9-5-6-10-19(17)20)26-22-21(24-11-12-25-22)16-7-3-2-4-8-16/h2-10,13-15,21-22,24H,11-12H2,1H3/t15-,21?,22?/m1/s1. The van der Waals surface area contributed by atoms with Crippen LogP contribution in [0.15, 0.2) is 66.7 Å². The molecular formula is C22H22ClNO2. The zero-order chi connectivity index (χ0) is 17.9. The van der Waals surface area contributed by atoms with Gasteiger partial charge in [0.2, 0.25) is 0 Å². The topological polar surface area (TPSA) is 30.5 Å². The van der Waals surface area contributed by atoms with Gasteiger partial charge in [-0.1, -0.05) is 66.2 Å². The minimum Gasteiger partial charge on any atom is -0.349 e. The Labute approximate surface area is 158 Å². The number of fused-ring (bicyclic) bond motifs is 1. The maximum atomic E-state index is 6.36. The van der Waals surface area contributed by atoms with Crippen LogP contribution in [0.1, 0.15) is 30.2 Å². The molecule has 1 fully saturated rings. The number of hydrogen-bond donors (Lipinski definition) is 1. The summed E-state index contributed by atoms with van der Waals surface area (Å²) < 4.78 is 12.3. The highest BCUT2D eigenvalue weighted by Crippen LogP contribution is 2.33. The molecule has 3 atom stereocenters. The average molecular weight is 368 g/mol. The molecule has 26 heavy (non-hydrogen) atoms. The molecule has 2 unspecified atom stereocenters. The molecule has 4 heteroatoms. The predicted molar refractivity (Wildman–Crippen MR) is 105 cm³/mol. The maximum Gasteiger partial charge on any atom is 0.177 e. The lowest BCUT2D eigenvalue weighted by molar-refractivity contribution is -0.199. The zero-order valence-corrected chi connectivity index (χ0v) is 15.4. The first-order chi connectivity index (χ1) is 12.7. The first-order valence-electron chi connectivity index (χ1n) is 8.96. The van der Waals surface area contributed by atoms with E-state index in [0.717, 1.165) is 27.9 Å². The van der Waals surface area contributed by atoms with Gasteiger partial charge in [0.05, 0.1) is 18.8 Å². The van der Waals surface area contributed by atoms with Gasteiger partial charge in [-0.15, -0.1) is 0 Å². The Balaban J connectivity index is 1.62. The minimum absolute atomic E-state index is 0.0119. The van der Waals surface area contributed by atoms with E-state index in [2.05, 4.69) is 36.5 Å². The summed E-state index contributed by atoms with van der Waals surface area (Å²) in [5.41, 5.74) is 2.24. The molecule has 4 rings (SSSR count). The number of halogens is 1. The summed E-state index contributed by atoms with van der Waals surface area (Å²) in [5, 5.41) is 6.51. The van der Waals surface area contributed by atoms with E-state index in [-0.39, 0.29) is 18.4 Å². The van der Waals surface area contributed by atoms with E-state index >= 15 is 0 Å². The third-order valence-corrected chi connectivity index (χ3v) is 5.03. The van der Waals surface area contributed by atoms with Crippen molar-refractivity contribution in [1.29, 1.82) is 0 Å². The third-order valence-electron chi connectivity index (χ3n) is 4.81.